The second-order valence-electron chi connectivity index (χ2n) is 3.16. The number of alkyl halides is 2. The zero-order chi connectivity index (χ0) is 9.40. The minimum Gasteiger partial charge on any atom is -0.396 e. The second kappa shape index (κ2) is 7.47. The Morgan fingerprint density at radius 2 is 1.83 bits per heavy atom. The highest BCUT2D eigenvalue weighted by atomic mass is 19.3. The molecule has 0 saturated heterocycles. The minimum absolute atomic E-state index is 0.0276. The van der Waals surface area contributed by atoms with Gasteiger partial charge in [0.05, 0.1) is 0 Å². The van der Waals surface area contributed by atoms with Crippen LogP contribution < -0.4 is 0 Å². The molecule has 0 bridgehead atoms. The molecular weight excluding hydrogens is 162 g/mol. The van der Waals surface area contributed by atoms with E-state index >= 15 is 0 Å². The van der Waals surface area contributed by atoms with Gasteiger partial charge in [-0.2, -0.15) is 0 Å². The number of hydrogen-bond donors (Lipinski definition) is 1. The second-order valence-corrected chi connectivity index (χ2v) is 3.16. The molecule has 0 unspecified atom stereocenters. The molecule has 0 aromatic rings. The first kappa shape index (κ1) is 11.8. The van der Waals surface area contributed by atoms with Crippen molar-refractivity contribution in [2.45, 2.75) is 45.5 Å². The number of aliphatic hydroxyl groups excluding tert-OH is 1. The van der Waals surface area contributed by atoms with Crippen molar-refractivity contribution < 1.29 is 13.9 Å². The lowest BCUT2D eigenvalue weighted by atomic mass is 9.98. The molecule has 1 nitrogen and oxygen atoms in total. The van der Waals surface area contributed by atoms with Gasteiger partial charge in [-0.15, -0.1) is 0 Å². The Hall–Kier alpha value is -0.180. The molecule has 74 valence electrons. The smallest absolute Gasteiger partial charge is 0.238 e. The molecule has 12 heavy (non-hydrogen) atoms. The Balaban J connectivity index is 3.31. The Labute approximate surface area is 72.8 Å². The van der Waals surface area contributed by atoms with Crippen molar-refractivity contribution in [1.29, 1.82) is 0 Å². The molecule has 0 radical (unpaired) electrons. The van der Waals surface area contributed by atoms with Crippen molar-refractivity contribution in [1.82, 2.24) is 0 Å². The summed E-state index contributed by atoms with van der Waals surface area (Å²) in [6, 6.07) is 0. The van der Waals surface area contributed by atoms with Crippen molar-refractivity contribution in [2.75, 3.05) is 6.61 Å². The summed E-state index contributed by atoms with van der Waals surface area (Å²) in [7, 11) is 0. The molecule has 0 aliphatic carbocycles. The first-order valence-electron chi connectivity index (χ1n) is 4.59. The molecule has 0 aliphatic rings. The van der Waals surface area contributed by atoms with Crippen molar-refractivity contribution >= 4 is 0 Å². The van der Waals surface area contributed by atoms with E-state index in [0.717, 1.165) is 19.3 Å². The van der Waals surface area contributed by atoms with Crippen LogP contribution >= 0.6 is 0 Å². The van der Waals surface area contributed by atoms with E-state index in [1.54, 1.807) is 0 Å². The first-order chi connectivity index (χ1) is 5.70. The van der Waals surface area contributed by atoms with Crippen molar-refractivity contribution in [3.63, 3.8) is 0 Å². The van der Waals surface area contributed by atoms with Gasteiger partial charge in [0.2, 0.25) is 6.43 Å². The zero-order valence-electron chi connectivity index (χ0n) is 7.60. The Kier molecular flexibility index (Phi) is 7.36. The maximum Gasteiger partial charge on any atom is 0.238 e. The Morgan fingerprint density at radius 1 is 1.17 bits per heavy atom. The number of hydrogen-bond acceptors (Lipinski definition) is 1. The summed E-state index contributed by atoms with van der Waals surface area (Å²) >= 11 is 0. The van der Waals surface area contributed by atoms with Gasteiger partial charge in [0.25, 0.3) is 0 Å². The van der Waals surface area contributed by atoms with Gasteiger partial charge in [-0.05, 0) is 25.2 Å². The normalized spacial score (nSPS) is 13.8. The topological polar surface area (TPSA) is 20.2 Å². The molecule has 0 heterocycles. The molecule has 0 aromatic heterocycles. The molecule has 0 saturated carbocycles. The Morgan fingerprint density at radius 3 is 2.25 bits per heavy atom. The van der Waals surface area contributed by atoms with Crippen LogP contribution in [-0.4, -0.2) is 18.1 Å². The fourth-order valence-corrected chi connectivity index (χ4v) is 1.30. The van der Waals surface area contributed by atoms with Gasteiger partial charge < -0.3 is 5.11 Å². The molecule has 1 N–H and O–H groups in total. The summed E-state index contributed by atoms with van der Waals surface area (Å²) in [4.78, 5) is 0. The number of halogens is 2. The van der Waals surface area contributed by atoms with Gasteiger partial charge in [-0.3, -0.25) is 0 Å². The maximum atomic E-state index is 11.7. The van der Waals surface area contributed by atoms with Gasteiger partial charge in [0.1, 0.15) is 0 Å². The van der Waals surface area contributed by atoms with Crippen molar-refractivity contribution in [3.8, 4) is 0 Å². The van der Waals surface area contributed by atoms with Crippen LogP contribution in [0.5, 0.6) is 0 Å². The van der Waals surface area contributed by atoms with E-state index in [1.165, 1.54) is 0 Å². The van der Waals surface area contributed by atoms with Crippen LogP contribution in [0, 0.1) is 5.92 Å². The third-order valence-electron chi connectivity index (χ3n) is 1.99. The lowest BCUT2D eigenvalue weighted by Gasteiger charge is -2.11. The van der Waals surface area contributed by atoms with Gasteiger partial charge in [-0.25, -0.2) is 8.78 Å². The minimum atomic E-state index is -2.19. The van der Waals surface area contributed by atoms with Crippen LogP contribution in [0.1, 0.15) is 39.0 Å². The number of aliphatic hydroxyl groups is 1. The predicted octanol–water partition coefficient (Wildman–Crippen LogP) is 2.83. The fraction of sp³-hybridized carbons (Fsp3) is 1.00. The largest absolute Gasteiger partial charge is 0.396 e. The summed E-state index contributed by atoms with van der Waals surface area (Å²) in [6.07, 6.45) is 1.00. The van der Waals surface area contributed by atoms with Crippen LogP contribution in [0.3, 0.4) is 0 Å². The maximum absolute atomic E-state index is 11.7. The van der Waals surface area contributed by atoms with Gasteiger partial charge >= 0.3 is 0 Å². The molecule has 0 aliphatic heterocycles. The lowest BCUT2D eigenvalue weighted by molar-refractivity contribution is 0.127. The van der Waals surface area contributed by atoms with E-state index in [1.807, 2.05) is 6.92 Å². The lowest BCUT2D eigenvalue weighted by Crippen LogP contribution is -2.06. The Bertz CT molecular complexity index is 96.5. The average Bonchev–Trinajstić information content (AvgIpc) is 2.02. The molecular formula is C9H18F2O. The van der Waals surface area contributed by atoms with Crippen LogP contribution in [0.2, 0.25) is 0 Å². The molecule has 0 aromatic carbocycles. The summed E-state index contributed by atoms with van der Waals surface area (Å²) in [5.74, 6) is 0.230. The fourth-order valence-electron chi connectivity index (χ4n) is 1.30. The third kappa shape index (κ3) is 6.53. The third-order valence-corrected chi connectivity index (χ3v) is 1.99. The van der Waals surface area contributed by atoms with E-state index in [4.69, 9.17) is 5.11 Å². The summed E-state index contributed by atoms with van der Waals surface area (Å²) in [5.41, 5.74) is 0. The van der Waals surface area contributed by atoms with E-state index in [9.17, 15) is 8.78 Å². The number of rotatable bonds is 7. The van der Waals surface area contributed by atoms with Crippen molar-refractivity contribution in [2.24, 2.45) is 5.92 Å². The SMILES string of the molecule is CCC[C@@H](CO)CCCC(F)F. The predicted molar refractivity (Wildman–Crippen MR) is 45.3 cm³/mol. The molecule has 1 atom stereocenters. The highest BCUT2D eigenvalue weighted by Crippen LogP contribution is 2.15. The van der Waals surface area contributed by atoms with Crippen LogP contribution in [0.25, 0.3) is 0 Å². The van der Waals surface area contributed by atoms with E-state index < -0.39 is 6.43 Å². The zero-order valence-corrected chi connectivity index (χ0v) is 7.60. The molecule has 0 fully saturated rings. The summed E-state index contributed by atoms with van der Waals surface area (Å²) in [6.45, 7) is 2.17. The molecule has 0 amide bonds. The van der Waals surface area contributed by atoms with Gasteiger partial charge in [-0.1, -0.05) is 13.3 Å². The highest BCUT2D eigenvalue weighted by molar-refractivity contribution is 4.57. The van der Waals surface area contributed by atoms with E-state index in [-0.39, 0.29) is 18.9 Å². The van der Waals surface area contributed by atoms with Gasteiger partial charge in [0.15, 0.2) is 0 Å². The monoisotopic (exact) mass is 180 g/mol. The van der Waals surface area contributed by atoms with Crippen LogP contribution in [0.15, 0.2) is 0 Å². The molecule has 0 spiro atoms. The summed E-state index contributed by atoms with van der Waals surface area (Å²) < 4.78 is 23.4. The highest BCUT2D eigenvalue weighted by Gasteiger charge is 2.08. The first-order valence-corrected chi connectivity index (χ1v) is 4.59. The van der Waals surface area contributed by atoms with Crippen molar-refractivity contribution in [3.05, 3.63) is 0 Å². The molecule has 0 rings (SSSR count). The molecule has 3 heteroatoms. The van der Waals surface area contributed by atoms with Crippen LogP contribution in [0.4, 0.5) is 8.78 Å². The summed E-state index contributed by atoms with van der Waals surface area (Å²) in [5, 5.41) is 8.83. The quantitative estimate of drug-likeness (QED) is 0.638. The van der Waals surface area contributed by atoms with E-state index in [2.05, 4.69) is 0 Å². The van der Waals surface area contributed by atoms with Crippen LogP contribution in [-0.2, 0) is 0 Å². The standard InChI is InChI=1S/C9H18F2O/c1-2-4-8(7-12)5-3-6-9(10)11/h8-9,12H,2-7H2,1H3/t8-/m1/s1. The van der Waals surface area contributed by atoms with Gasteiger partial charge in [0, 0.05) is 13.0 Å². The average molecular weight is 180 g/mol. The van der Waals surface area contributed by atoms with E-state index in [0.29, 0.717) is 6.42 Å².